The van der Waals surface area contributed by atoms with Gasteiger partial charge in [-0.2, -0.15) is 0 Å². The summed E-state index contributed by atoms with van der Waals surface area (Å²) >= 11 is 5.75. The van der Waals surface area contributed by atoms with E-state index in [2.05, 4.69) is 10.3 Å². The molecule has 0 amide bonds. The Morgan fingerprint density at radius 1 is 1.50 bits per heavy atom. The molecule has 5 heteroatoms. The summed E-state index contributed by atoms with van der Waals surface area (Å²) in [6.07, 6.45) is 1.54. The maximum atomic E-state index is 13.9. The first-order chi connectivity index (χ1) is 8.61. The molecular formula is C13H14ClFN2O. The van der Waals surface area contributed by atoms with Crippen molar-refractivity contribution in [3.63, 3.8) is 0 Å². The van der Waals surface area contributed by atoms with E-state index in [1.54, 1.807) is 19.1 Å². The first-order valence-corrected chi connectivity index (χ1v) is 6.10. The summed E-state index contributed by atoms with van der Waals surface area (Å²) in [5.74, 6) is 0.205. The van der Waals surface area contributed by atoms with Crippen LogP contribution in [0.2, 0.25) is 5.02 Å². The second-order valence-electron chi connectivity index (χ2n) is 3.95. The highest BCUT2D eigenvalue weighted by molar-refractivity contribution is 6.30. The number of oxazole rings is 1. The second kappa shape index (κ2) is 5.50. The summed E-state index contributed by atoms with van der Waals surface area (Å²) in [6, 6.07) is 4.30. The number of benzene rings is 1. The van der Waals surface area contributed by atoms with E-state index < -0.39 is 0 Å². The van der Waals surface area contributed by atoms with Crippen LogP contribution in [0.5, 0.6) is 0 Å². The van der Waals surface area contributed by atoms with E-state index in [0.29, 0.717) is 28.7 Å². The van der Waals surface area contributed by atoms with Crippen molar-refractivity contribution in [3.8, 4) is 0 Å². The lowest BCUT2D eigenvalue weighted by Crippen LogP contribution is -2.23. The van der Waals surface area contributed by atoms with Crippen molar-refractivity contribution in [2.75, 3.05) is 6.54 Å². The number of nitrogens with zero attached hydrogens (tertiary/aromatic N) is 1. The fraction of sp³-hybridized carbons (Fsp3) is 0.308. The van der Waals surface area contributed by atoms with Gasteiger partial charge >= 0.3 is 0 Å². The van der Waals surface area contributed by atoms with Crippen LogP contribution in [0.3, 0.4) is 0 Å². The first kappa shape index (κ1) is 13.1. The first-order valence-electron chi connectivity index (χ1n) is 5.72. The molecule has 1 N–H and O–H groups in total. The van der Waals surface area contributed by atoms with Gasteiger partial charge in [0.25, 0.3) is 0 Å². The molecular weight excluding hydrogens is 255 g/mol. The van der Waals surface area contributed by atoms with Gasteiger partial charge < -0.3 is 9.73 Å². The molecule has 1 aromatic heterocycles. The van der Waals surface area contributed by atoms with Gasteiger partial charge in [-0.1, -0.05) is 24.6 Å². The van der Waals surface area contributed by atoms with Gasteiger partial charge in [-0.3, -0.25) is 0 Å². The molecule has 2 rings (SSSR count). The average molecular weight is 269 g/mol. The largest absolute Gasteiger partial charge is 0.449 e. The summed E-state index contributed by atoms with van der Waals surface area (Å²) in [5.41, 5.74) is 1.17. The number of hydrogen-bond acceptors (Lipinski definition) is 3. The molecule has 0 aliphatic carbocycles. The zero-order valence-electron chi connectivity index (χ0n) is 10.2. The third-order valence-corrected chi connectivity index (χ3v) is 2.85. The van der Waals surface area contributed by atoms with Gasteiger partial charge in [0.15, 0.2) is 5.89 Å². The van der Waals surface area contributed by atoms with Crippen molar-refractivity contribution in [2.24, 2.45) is 0 Å². The summed E-state index contributed by atoms with van der Waals surface area (Å²) in [6.45, 7) is 4.40. The Morgan fingerprint density at radius 3 is 2.83 bits per heavy atom. The Balaban J connectivity index is 2.41. The van der Waals surface area contributed by atoms with Crippen molar-refractivity contribution in [3.05, 3.63) is 52.5 Å². The molecule has 3 nitrogen and oxygen atoms in total. The average Bonchev–Trinajstić information content (AvgIpc) is 2.73. The Labute approximate surface area is 110 Å². The summed E-state index contributed by atoms with van der Waals surface area (Å²) in [4.78, 5) is 4.24. The maximum absolute atomic E-state index is 13.9. The van der Waals surface area contributed by atoms with Crippen molar-refractivity contribution in [1.82, 2.24) is 10.3 Å². The fourth-order valence-corrected chi connectivity index (χ4v) is 1.99. The topological polar surface area (TPSA) is 38.1 Å². The quantitative estimate of drug-likeness (QED) is 0.923. The van der Waals surface area contributed by atoms with E-state index >= 15 is 0 Å². The van der Waals surface area contributed by atoms with Crippen molar-refractivity contribution in [1.29, 1.82) is 0 Å². The molecule has 0 radical (unpaired) electrons. The number of aryl methyl sites for hydroxylation is 1. The van der Waals surface area contributed by atoms with E-state index in [-0.39, 0.29) is 11.9 Å². The molecule has 0 aliphatic heterocycles. The number of rotatable bonds is 4. The lowest BCUT2D eigenvalue weighted by Gasteiger charge is -2.16. The van der Waals surface area contributed by atoms with Gasteiger partial charge in [0.2, 0.25) is 0 Å². The Morgan fingerprint density at radius 2 is 2.28 bits per heavy atom. The third-order valence-electron chi connectivity index (χ3n) is 2.61. The van der Waals surface area contributed by atoms with Gasteiger partial charge in [-0.15, -0.1) is 0 Å². The molecule has 2 aromatic rings. The van der Waals surface area contributed by atoms with E-state index in [9.17, 15) is 4.39 Å². The van der Waals surface area contributed by atoms with Crippen LogP contribution in [0.1, 0.15) is 30.1 Å². The Kier molecular flexibility index (Phi) is 3.99. The normalized spacial score (nSPS) is 12.7. The summed E-state index contributed by atoms with van der Waals surface area (Å²) < 4.78 is 19.1. The van der Waals surface area contributed by atoms with Crippen LogP contribution in [0.4, 0.5) is 4.39 Å². The molecule has 96 valence electrons. The van der Waals surface area contributed by atoms with Gasteiger partial charge in [-0.05, 0) is 18.7 Å². The van der Waals surface area contributed by atoms with E-state index in [0.717, 1.165) is 0 Å². The molecule has 0 spiro atoms. The SMILES string of the molecule is CCNC(c1coc(C)n1)c1ccc(Cl)cc1F. The molecule has 0 saturated heterocycles. The smallest absolute Gasteiger partial charge is 0.191 e. The highest BCUT2D eigenvalue weighted by atomic mass is 35.5. The van der Waals surface area contributed by atoms with Crippen LogP contribution in [-0.2, 0) is 0 Å². The minimum atomic E-state index is -0.353. The highest BCUT2D eigenvalue weighted by Crippen LogP contribution is 2.25. The second-order valence-corrected chi connectivity index (χ2v) is 4.38. The predicted octanol–water partition coefficient (Wildman–Crippen LogP) is 3.47. The van der Waals surface area contributed by atoms with E-state index in [1.165, 1.54) is 12.3 Å². The van der Waals surface area contributed by atoms with Crippen LogP contribution >= 0.6 is 11.6 Å². The Hall–Kier alpha value is -1.39. The molecule has 0 aliphatic rings. The molecule has 1 aromatic carbocycles. The van der Waals surface area contributed by atoms with Crippen molar-refractivity contribution < 1.29 is 8.81 Å². The zero-order valence-corrected chi connectivity index (χ0v) is 11.0. The predicted molar refractivity (Wildman–Crippen MR) is 68.2 cm³/mol. The van der Waals surface area contributed by atoms with Crippen LogP contribution < -0.4 is 5.32 Å². The molecule has 18 heavy (non-hydrogen) atoms. The number of aromatic nitrogens is 1. The monoisotopic (exact) mass is 268 g/mol. The van der Waals surface area contributed by atoms with Gasteiger partial charge in [0, 0.05) is 17.5 Å². The van der Waals surface area contributed by atoms with Crippen LogP contribution in [0, 0.1) is 12.7 Å². The lowest BCUT2D eigenvalue weighted by molar-refractivity contribution is 0.516. The van der Waals surface area contributed by atoms with Crippen molar-refractivity contribution in [2.45, 2.75) is 19.9 Å². The van der Waals surface area contributed by atoms with Crippen LogP contribution in [0.25, 0.3) is 0 Å². The fourth-order valence-electron chi connectivity index (χ4n) is 1.83. The summed E-state index contributed by atoms with van der Waals surface area (Å²) in [7, 11) is 0. The highest BCUT2D eigenvalue weighted by Gasteiger charge is 2.20. The molecule has 0 bridgehead atoms. The molecule has 0 saturated carbocycles. The minimum Gasteiger partial charge on any atom is -0.449 e. The van der Waals surface area contributed by atoms with Crippen molar-refractivity contribution >= 4 is 11.6 Å². The summed E-state index contributed by atoms with van der Waals surface area (Å²) in [5, 5.41) is 3.56. The molecule has 1 heterocycles. The van der Waals surface area contributed by atoms with Crippen LogP contribution in [-0.4, -0.2) is 11.5 Å². The minimum absolute atomic E-state index is 0.329. The maximum Gasteiger partial charge on any atom is 0.191 e. The number of hydrogen-bond donors (Lipinski definition) is 1. The Bertz CT molecular complexity index is 542. The van der Waals surface area contributed by atoms with Gasteiger partial charge in [-0.25, -0.2) is 9.37 Å². The molecule has 1 unspecified atom stereocenters. The number of halogens is 2. The molecule has 0 fully saturated rings. The third kappa shape index (κ3) is 2.71. The van der Waals surface area contributed by atoms with Gasteiger partial charge in [0.05, 0.1) is 6.04 Å². The van der Waals surface area contributed by atoms with E-state index in [1.807, 2.05) is 6.92 Å². The zero-order chi connectivity index (χ0) is 13.1. The standard InChI is InChI=1S/C13H14ClFN2O/c1-3-16-13(12-7-18-8(2)17-12)10-5-4-9(14)6-11(10)15/h4-7,13,16H,3H2,1-2H3. The lowest BCUT2D eigenvalue weighted by atomic mass is 10.0. The van der Waals surface area contributed by atoms with E-state index in [4.69, 9.17) is 16.0 Å². The molecule has 1 atom stereocenters. The van der Waals surface area contributed by atoms with Crippen LogP contribution in [0.15, 0.2) is 28.9 Å². The number of nitrogens with one attached hydrogen (secondary N) is 1. The van der Waals surface area contributed by atoms with Gasteiger partial charge in [0.1, 0.15) is 17.8 Å².